The zero-order valence-corrected chi connectivity index (χ0v) is 34.7. The highest BCUT2D eigenvalue weighted by atomic mass is 32.2. The molecule has 1 aromatic carbocycles. The molecule has 1 aromatic heterocycles. The number of hydrogen-bond acceptors (Lipinski definition) is 12. The summed E-state index contributed by atoms with van der Waals surface area (Å²) < 4.78 is 26.5. The molecule has 0 radical (unpaired) electrons. The summed E-state index contributed by atoms with van der Waals surface area (Å²) in [6.07, 6.45) is 8.71. The summed E-state index contributed by atoms with van der Waals surface area (Å²) in [6.45, 7) is 3.25. The number of unbranched alkanes of at least 4 members (excludes halogenated alkanes) is 1. The molecule has 2 aliphatic carbocycles. The molecule has 2 heterocycles. The molecule has 1 saturated heterocycles. The zero-order valence-electron chi connectivity index (χ0n) is 33.9. The third-order valence-electron chi connectivity index (χ3n) is 11.1. The molecule has 3 aliphatic rings. The number of carbonyl (C=O) groups is 7. The molecule has 4 atom stereocenters. The SMILES string of the molecule is CC(C)(O)c1cnnn1[C@H]1C[C@@H](C(=O)NC(CCCCNC(=O)NC2CC2)C(=O)C(N)=O)N(C(=O)[C@@H](CC2CCCCC2)NC(=O)c2ccc(S(=O)(=O)CC(N)=O)cc2)C1. The summed E-state index contributed by atoms with van der Waals surface area (Å²) >= 11 is 0. The minimum atomic E-state index is -4.05. The molecule has 7 amide bonds. The van der Waals surface area contributed by atoms with E-state index in [0.29, 0.717) is 18.5 Å². The van der Waals surface area contributed by atoms with Crippen LogP contribution in [-0.4, -0.2) is 118 Å². The molecule has 2 saturated carbocycles. The number of Topliss-reactive ketones (excluding diaryl/α,β-unsaturated/α-hetero) is 1. The number of nitrogens with one attached hydrogen (secondary N) is 4. The van der Waals surface area contributed by atoms with E-state index in [1.54, 1.807) is 0 Å². The second-order valence-corrected chi connectivity index (χ2v) is 18.5. The number of hydrogen-bond donors (Lipinski definition) is 7. The van der Waals surface area contributed by atoms with Crippen molar-refractivity contribution in [1.82, 2.24) is 41.2 Å². The lowest BCUT2D eigenvalue weighted by Crippen LogP contribution is -2.56. The monoisotopic (exact) mass is 856 g/mol. The fourth-order valence-corrected chi connectivity index (χ4v) is 8.88. The number of carbonyl (C=O) groups excluding carboxylic acids is 7. The van der Waals surface area contributed by atoms with Gasteiger partial charge in [-0.05, 0) is 82.6 Å². The lowest BCUT2D eigenvalue weighted by molar-refractivity contribution is -0.142. The highest BCUT2D eigenvalue weighted by Crippen LogP contribution is 2.34. The standard InChI is InChI=1S/C39H56N10O10S/c1-39(2,57)31-20-43-47-49(31)26-19-30(36(54)45-28(33(51)34(41)52)10-6-7-17-42-38(56)44-25-13-14-25)48(21-26)37(55)29(18-23-8-4-3-5-9-23)46-35(53)24-11-15-27(16-12-24)60(58,59)22-32(40)50/h11-12,15-16,20,23,25-26,28-30,57H,3-10,13-14,17-19,21-22H2,1-2H3,(H2,40,50)(H2,41,52)(H,45,54)(H,46,53)(H2,42,44,56)/t26-,28?,29+,30-/m0/s1. The predicted octanol–water partition coefficient (Wildman–Crippen LogP) is -0.153. The van der Waals surface area contributed by atoms with Gasteiger partial charge in [-0.3, -0.25) is 28.8 Å². The van der Waals surface area contributed by atoms with Crippen LogP contribution in [0.2, 0.25) is 0 Å². The highest BCUT2D eigenvalue weighted by Gasteiger charge is 2.45. The van der Waals surface area contributed by atoms with Crippen LogP contribution in [0.1, 0.15) is 113 Å². The van der Waals surface area contributed by atoms with Crippen LogP contribution in [0.15, 0.2) is 35.4 Å². The molecule has 0 spiro atoms. The Hall–Kier alpha value is -5.44. The lowest BCUT2D eigenvalue weighted by Gasteiger charge is -2.32. The Labute approximate surface area is 348 Å². The van der Waals surface area contributed by atoms with E-state index >= 15 is 0 Å². The number of ketones is 1. The topological polar surface area (TPSA) is 308 Å². The van der Waals surface area contributed by atoms with Gasteiger partial charge in [0.05, 0.1) is 28.9 Å². The molecule has 0 bridgehead atoms. The van der Waals surface area contributed by atoms with Crippen molar-refractivity contribution in [1.29, 1.82) is 0 Å². The number of primary amides is 2. The summed E-state index contributed by atoms with van der Waals surface area (Å²) in [6, 6.07) is 0.303. The fraction of sp³-hybridized carbons (Fsp3) is 0.615. The first-order chi connectivity index (χ1) is 28.3. The van der Waals surface area contributed by atoms with Gasteiger partial charge in [-0.25, -0.2) is 17.9 Å². The quantitative estimate of drug-likeness (QED) is 0.0676. The van der Waals surface area contributed by atoms with E-state index < -0.39 is 80.7 Å². The fourth-order valence-electron chi connectivity index (χ4n) is 7.79. The molecule has 1 aliphatic heterocycles. The Morgan fingerprint density at radius 1 is 0.933 bits per heavy atom. The number of rotatable bonds is 20. The number of sulfone groups is 1. The van der Waals surface area contributed by atoms with E-state index in [1.165, 1.54) is 53.9 Å². The van der Waals surface area contributed by atoms with Crippen LogP contribution in [0, 0.1) is 5.92 Å². The summed E-state index contributed by atoms with van der Waals surface area (Å²) in [7, 11) is -4.05. The first-order valence-corrected chi connectivity index (χ1v) is 22.0. The first-order valence-electron chi connectivity index (χ1n) is 20.4. The molecule has 2 aromatic rings. The summed E-state index contributed by atoms with van der Waals surface area (Å²) in [5, 5.41) is 30.0. The lowest BCUT2D eigenvalue weighted by atomic mass is 9.84. The Balaban J connectivity index is 1.39. The van der Waals surface area contributed by atoms with Crippen LogP contribution in [0.3, 0.4) is 0 Å². The van der Waals surface area contributed by atoms with Crippen LogP contribution in [0.25, 0.3) is 0 Å². The molecule has 20 nitrogen and oxygen atoms in total. The van der Waals surface area contributed by atoms with Gasteiger partial charge in [0.25, 0.3) is 11.8 Å². The van der Waals surface area contributed by atoms with Gasteiger partial charge >= 0.3 is 6.03 Å². The number of nitrogens with zero attached hydrogens (tertiary/aromatic N) is 4. The van der Waals surface area contributed by atoms with Crippen LogP contribution in [-0.2, 0) is 39.4 Å². The Kier molecular flexibility index (Phi) is 15.0. The van der Waals surface area contributed by atoms with Crippen molar-refractivity contribution in [2.75, 3.05) is 18.8 Å². The predicted molar refractivity (Wildman–Crippen MR) is 214 cm³/mol. The van der Waals surface area contributed by atoms with Crippen molar-refractivity contribution >= 4 is 51.2 Å². The van der Waals surface area contributed by atoms with Crippen molar-refractivity contribution in [2.45, 2.75) is 132 Å². The van der Waals surface area contributed by atoms with Gasteiger partial charge in [0.15, 0.2) is 9.84 Å². The first kappa shape index (κ1) is 45.6. The highest BCUT2D eigenvalue weighted by molar-refractivity contribution is 7.92. The molecule has 1 unspecified atom stereocenters. The van der Waals surface area contributed by atoms with Crippen molar-refractivity contribution in [3.05, 3.63) is 41.7 Å². The number of nitrogens with two attached hydrogens (primary N) is 2. The number of aliphatic hydroxyl groups is 1. The van der Waals surface area contributed by atoms with Gasteiger partial charge < -0.3 is 42.7 Å². The average molecular weight is 857 g/mol. The van der Waals surface area contributed by atoms with Crippen LogP contribution in [0.4, 0.5) is 4.79 Å². The maximum absolute atomic E-state index is 14.8. The van der Waals surface area contributed by atoms with Gasteiger partial charge in [0.2, 0.25) is 23.5 Å². The minimum absolute atomic E-state index is 0.0123. The second kappa shape index (κ2) is 19.7. The maximum atomic E-state index is 14.8. The second-order valence-electron chi connectivity index (χ2n) is 16.5. The smallest absolute Gasteiger partial charge is 0.315 e. The summed E-state index contributed by atoms with van der Waals surface area (Å²) in [5.74, 6) is -6.23. The van der Waals surface area contributed by atoms with Gasteiger partial charge in [-0.2, -0.15) is 0 Å². The summed E-state index contributed by atoms with van der Waals surface area (Å²) in [4.78, 5) is 92.4. The van der Waals surface area contributed by atoms with Gasteiger partial charge in [0, 0.05) is 31.1 Å². The molecular weight excluding hydrogens is 801 g/mol. The number of urea groups is 1. The van der Waals surface area contributed by atoms with E-state index in [9.17, 15) is 47.1 Å². The molecular formula is C39H56N10O10S. The van der Waals surface area contributed by atoms with Crippen molar-refractivity contribution < 1.29 is 47.1 Å². The normalized spacial score (nSPS) is 19.5. The number of amides is 7. The van der Waals surface area contributed by atoms with Gasteiger partial charge in [-0.15, -0.1) is 5.10 Å². The van der Waals surface area contributed by atoms with E-state index in [-0.39, 0.29) is 60.8 Å². The van der Waals surface area contributed by atoms with Gasteiger partial charge in [0.1, 0.15) is 23.4 Å². The molecule has 3 fully saturated rings. The van der Waals surface area contributed by atoms with Crippen molar-refractivity contribution in [3.8, 4) is 0 Å². The Morgan fingerprint density at radius 3 is 2.23 bits per heavy atom. The van der Waals surface area contributed by atoms with Crippen LogP contribution >= 0.6 is 0 Å². The van der Waals surface area contributed by atoms with E-state index in [4.69, 9.17) is 11.5 Å². The minimum Gasteiger partial charge on any atom is -0.384 e. The Bertz CT molecular complexity index is 2020. The van der Waals surface area contributed by atoms with Gasteiger partial charge in [-0.1, -0.05) is 37.3 Å². The average Bonchev–Trinajstić information content (AvgIpc) is 3.64. The summed E-state index contributed by atoms with van der Waals surface area (Å²) in [5.41, 5.74) is 9.41. The maximum Gasteiger partial charge on any atom is 0.315 e. The molecule has 21 heteroatoms. The van der Waals surface area contributed by atoms with Crippen LogP contribution < -0.4 is 32.7 Å². The third kappa shape index (κ3) is 12.3. The third-order valence-corrected chi connectivity index (χ3v) is 12.8. The van der Waals surface area contributed by atoms with E-state index in [1.807, 2.05) is 0 Å². The Morgan fingerprint density at radius 2 is 1.62 bits per heavy atom. The largest absolute Gasteiger partial charge is 0.384 e. The molecule has 60 heavy (non-hydrogen) atoms. The van der Waals surface area contributed by atoms with Crippen molar-refractivity contribution in [3.63, 3.8) is 0 Å². The number of aromatic nitrogens is 3. The zero-order chi connectivity index (χ0) is 43.8. The molecule has 9 N–H and O–H groups in total. The van der Waals surface area contributed by atoms with Crippen LogP contribution in [0.5, 0.6) is 0 Å². The van der Waals surface area contributed by atoms with E-state index in [2.05, 4.69) is 31.6 Å². The number of likely N-dealkylation sites (tertiary alicyclic amines) is 1. The van der Waals surface area contributed by atoms with Crippen molar-refractivity contribution in [2.24, 2.45) is 17.4 Å². The molecule has 328 valence electrons. The molecule has 5 rings (SSSR count). The number of benzene rings is 1. The van der Waals surface area contributed by atoms with E-state index in [0.717, 1.165) is 44.9 Å².